The van der Waals surface area contributed by atoms with E-state index in [-0.39, 0.29) is 18.0 Å². The zero-order valence-electron chi connectivity index (χ0n) is 11.8. The molecule has 0 fully saturated rings. The Morgan fingerprint density at radius 3 is 3.00 bits per heavy atom. The van der Waals surface area contributed by atoms with Crippen molar-refractivity contribution >= 4 is 15.9 Å². The smallest absolute Gasteiger partial charge is 0.123 e. The van der Waals surface area contributed by atoms with E-state index < -0.39 is 0 Å². The Kier molecular flexibility index (Phi) is 4.27. The monoisotopic (exact) mass is 349 g/mol. The van der Waals surface area contributed by atoms with E-state index >= 15 is 0 Å². The topological polar surface area (TPSA) is 21.3 Å². The van der Waals surface area contributed by atoms with Gasteiger partial charge in [-0.25, -0.2) is 4.39 Å². The highest BCUT2D eigenvalue weighted by Crippen LogP contribution is 2.29. The summed E-state index contributed by atoms with van der Waals surface area (Å²) in [4.78, 5) is 0. The van der Waals surface area contributed by atoms with E-state index in [1.165, 1.54) is 11.6 Å². The molecule has 2 aromatic rings. The molecule has 2 atom stereocenters. The Hall–Kier alpha value is -1.39. The SMILES string of the molecule is CC(NCC1Cc2cc(F)ccc2O1)c1cccc(Br)c1. The third-order valence-corrected chi connectivity index (χ3v) is 4.26. The van der Waals surface area contributed by atoms with Crippen molar-refractivity contribution in [3.63, 3.8) is 0 Å². The molecule has 0 spiro atoms. The van der Waals surface area contributed by atoms with E-state index in [1.54, 1.807) is 12.1 Å². The summed E-state index contributed by atoms with van der Waals surface area (Å²) < 4.78 is 20.1. The minimum atomic E-state index is -0.200. The Bertz CT molecular complexity index is 646. The van der Waals surface area contributed by atoms with Gasteiger partial charge in [0.2, 0.25) is 0 Å². The van der Waals surface area contributed by atoms with Crippen LogP contribution in [-0.4, -0.2) is 12.6 Å². The standard InChI is InChI=1S/C17H17BrFNO/c1-11(12-3-2-4-14(18)7-12)20-10-16-9-13-8-15(19)5-6-17(13)21-16/h2-8,11,16,20H,9-10H2,1H3. The second kappa shape index (κ2) is 6.16. The van der Waals surface area contributed by atoms with Crippen LogP contribution in [0.15, 0.2) is 46.9 Å². The fourth-order valence-electron chi connectivity index (χ4n) is 2.60. The first kappa shape index (κ1) is 14.5. The van der Waals surface area contributed by atoms with Gasteiger partial charge >= 0.3 is 0 Å². The summed E-state index contributed by atoms with van der Waals surface area (Å²) in [7, 11) is 0. The van der Waals surface area contributed by atoms with Crippen LogP contribution in [0.5, 0.6) is 5.75 Å². The molecule has 21 heavy (non-hydrogen) atoms. The van der Waals surface area contributed by atoms with Crippen LogP contribution in [0, 0.1) is 5.82 Å². The predicted octanol–water partition coefficient (Wildman–Crippen LogP) is 4.24. The van der Waals surface area contributed by atoms with E-state index in [0.717, 1.165) is 28.8 Å². The molecule has 110 valence electrons. The molecule has 4 heteroatoms. The van der Waals surface area contributed by atoms with Crippen LogP contribution in [0.3, 0.4) is 0 Å². The molecule has 1 N–H and O–H groups in total. The van der Waals surface area contributed by atoms with E-state index in [1.807, 2.05) is 12.1 Å². The number of rotatable bonds is 4. The van der Waals surface area contributed by atoms with Crippen molar-refractivity contribution < 1.29 is 9.13 Å². The van der Waals surface area contributed by atoms with Gasteiger partial charge in [0.05, 0.1) is 0 Å². The van der Waals surface area contributed by atoms with Crippen molar-refractivity contribution in [1.29, 1.82) is 0 Å². The van der Waals surface area contributed by atoms with E-state index in [2.05, 4.69) is 40.3 Å². The normalized spacial score (nSPS) is 18.1. The molecule has 0 saturated carbocycles. The second-order valence-electron chi connectivity index (χ2n) is 5.38. The maximum atomic E-state index is 13.2. The van der Waals surface area contributed by atoms with Crippen LogP contribution in [0.25, 0.3) is 0 Å². The van der Waals surface area contributed by atoms with Crippen molar-refractivity contribution in [2.75, 3.05) is 6.54 Å². The van der Waals surface area contributed by atoms with Crippen LogP contribution in [0.2, 0.25) is 0 Å². The maximum absolute atomic E-state index is 13.2. The van der Waals surface area contributed by atoms with Gasteiger partial charge in [-0.05, 0) is 42.8 Å². The number of fused-ring (bicyclic) bond motifs is 1. The fraction of sp³-hybridized carbons (Fsp3) is 0.294. The first-order valence-electron chi connectivity index (χ1n) is 7.06. The Labute approximate surface area is 132 Å². The molecule has 0 amide bonds. The summed E-state index contributed by atoms with van der Waals surface area (Å²) in [5.41, 5.74) is 2.18. The summed E-state index contributed by atoms with van der Waals surface area (Å²) >= 11 is 3.49. The van der Waals surface area contributed by atoms with E-state index in [9.17, 15) is 4.39 Å². The molecule has 0 aliphatic carbocycles. The molecule has 1 aliphatic heterocycles. The molecule has 3 rings (SSSR count). The first-order valence-corrected chi connectivity index (χ1v) is 7.85. The maximum Gasteiger partial charge on any atom is 0.123 e. The van der Waals surface area contributed by atoms with Crippen molar-refractivity contribution in [1.82, 2.24) is 5.32 Å². The largest absolute Gasteiger partial charge is 0.488 e. The number of benzene rings is 2. The Morgan fingerprint density at radius 2 is 2.19 bits per heavy atom. The summed E-state index contributed by atoms with van der Waals surface area (Å²) in [5, 5.41) is 3.48. The quantitative estimate of drug-likeness (QED) is 0.891. The minimum Gasteiger partial charge on any atom is -0.488 e. The zero-order chi connectivity index (χ0) is 14.8. The van der Waals surface area contributed by atoms with Gasteiger partial charge in [0.25, 0.3) is 0 Å². The molecule has 0 radical (unpaired) electrons. The van der Waals surface area contributed by atoms with Crippen LogP contribution < -0.4 is 10.1 Å². The molecule has 0 aromatic heterocycles. The molecular weight excluding hydrogens is 333 g/mol. The van der Waals surface area contributed by atoms with E-state index in [4.69, 9.17) is 4.74 Å². The highest BCUT2D eigenvalue weighted by Gasteiger charge is 2.23. The number of halogens is 2. The lowest BCUT2D eigenvalue weighted by Crippen LogP contribution is -2.31. The van der Waals surface area contributed by atoms with E-state index in [0.29, 0.717) is 0 Å². The molecule has 2 nitrogen and oxygen atoms in total. The fourth-order valence-corrected chi connectivity index (χ4v) is 3.02. The summed E-state index contributed by atoms with van der Waals surface area (Å²) in [5.74, 6) is 0.603. The van der Waals surface area contributed by atoms with Crippen molar-refractivity contribution in [2.45, 2.75) is 25.5 Å². The lowest BCUT2D eigenvalue weighted by Gasteiger charge is -2.18. The van der Waals surface area contributed by atoms with Gasteiger partial charge in [0.1, 0.15) is 17.7 Å². The summed E-state index contributed by atoms with van der Waals surface area (Å²) in [6.45, 7) is 2.87. The van der Waals surface area contributed by atoms with Gasteiger partial charge in [-0.1, -0.05) is 28.1 Å². The van der Waals surface area contributed by atoms with Gasteiger partial charge in [0, 0.05) is 29.0 Å². The lowest BCUT2D eigenvalue weighted by molar-refractivity contribution is 0.222. The van der Waals surface area contributed by atoms with Crippen LogP contribution in [0.4, 0.5) is 4.39 Å². The Morgan fingerprint density at radius 1 is 1.33 bits per heavy atom. The average Bonchev–Trinajstić information content (AvgIpc) is 2.86. The van der Waals surface area contributed by atoms with Gasteiger partial charge < -0.3 is 10.1 Å². The molecule has 1 aliphatic rings. The molecule has 0 bridgehead atoms. The number of hydrogen-bond donors (Lipinski definition) is 1. The van der Waals surface area contributed by atoms with Crippen LogP contribution >= 0.6 is 15.9 Å². The second-order valence-corrected chi connectivity index (χ2v) is 6.30. The third kappa shape index (κ3) is 3.44. The van der Waals surface area contributed by atoms with Crippen molar-refractivity contribution in [2.24, 2.45) is 0 Å². The summed E-state index contributed by atoms with van der Waals surface area (Å²) in [6.07, 6.45) is 0.821. The molecule has 2 aromatic carbocycles. The van der Waals surface area contributed by atoms with Gasteiger partial charge in [0.15, 0.2) is 0 Å². The lowest BCUT2D eigenvalue weighted by atomic mass is 10.1. The highest BCUT2D eigenvalue weighted by atomic mass is 79.9. The first-order chi connectivity index (χ1) is 10.1. The number of hydrogen-bond acceptors (Lipinski definition) is 2. The molecular formula is C17H17BrFNO. The predicted molar refractivity (Wildman–Crippen MR) is 85.1 cm³/mol. The third-order valence-electron chi connectivity index (χ3n) is 3.76. The minimum absolute atomic E-state index is 0.0661. The number of nitrogens with one attached hydrogen (secondary N) is 1. The van der Waals surface area contributed by atoms with Crippen LogP contribution in [0.1, 0.15) is 24.1 Å². The van der Waals surface area contributed by atoms with Gasteiger partial charge in [-0.15, -0.1) is 0 Å². The van der Waals surface area contributed by atoms with Crippen molar-refractivity contribution in [3.05, 3.63) is 63.9 Å². The summed E-state index contributed by atoms with van der Waals surface area (Å²) in [6, 6.07) is 13.2. The van der Waals surface area contributed by atoms with Gasteiger partial charge in [-0.3, -0.25) is 0 Å². The molecule has 1 heterocycles. The molecule has 2 unspecified atom stereocenters. The van der Waals surface area contributed by atoms with Crippen LogP contribution in [-0.2, 0) is 6.42 Å². The zero-order valence-corrected chi connectivity index (χ0v) is 13.4. The average molecular weight is 350 g/mol. The highest BCUT2D eigenvalue weighted by molar-refractivity contribution is 9.10. The van der Waals surface area contributed by atoms with Crippen molar-refractivity contribution in [3.8, 4) is 5.75 Å². The van der Waals surface area contributed by atoms with Gasteiger partial charge in [-0.2, -0.15) is 0 Å². The number of ether oxygens (including phenoxy) is 1. The molecule has 0 saturated heterocycles. The Balaban J connectivity index is 1.57.